The molecular formula is C64H65NO12. The van der Waals surface area contributed by atoms with Crippen molar-refractivity contribution in [2.24, 2.45) is 0 Å². The van der Waals surface area contributed by atoms with Gasteiger partial charge in [-0.15, -0.1) is 0 Å². The molecule has 0 N–H and O–H groups in total. The summed E-state index contributed by atoms with van der Waals surface area (Å²) in [6, 6.07) is 43.2. The molecular weight excluding hydrogens is 975 g/mol. The second kappa shape index (κ2) is 29.5. The molecule has 13 nitrogen and oxygen atoms in total. The van der Waals surface area contributed by atoms with Gasteiger partial charge in [0.15, 0.2) is 0 Å². The van der Waals surface area contributed by atoms with Crippen LogP contribution in [0.1, 0.15) is 145 Å². The zero-order chi connectivity index (χ0) is 54.2. The van der Waals surface area contributed by atoms with Crippen LogP contribution in [0.4, 0.5) is 5.69 Å². The summed E-state index contributed by atoms with van der Waals surface area (Å²) < 4.78 is 33.9. The number of unbranched alkanes of at least 4 members (excludes halogenated alkanes) is 12. The van der Waals surface area contributed by atoms with Gasteiger partial charge in [-0.25, -0.2) is 19.2 Å². The Morgan fingerprint density at radius 1 is 0.351 bits per heavy atom. The van der Waals surface area contributed by atoms with Crippen LogP contribution in [0.25, 0.3) is 22.3 Å². The third-order valence-corrected chi connectivity index (χ3v) is 12.8. The van der Waals surface area contributed by atoms with Gasteiger partial charge in [-0.3, -0.25) is 10.1 Å². The molecule has 0 bridgehead atoms. The number of para-hydroxylation sites is 1. The Bertz CT molecular complexity index is 2810. The highest BCUT2D eigenvalue weighted by atomic mass is 16.6. The summed E-state index contributed by atoms with van der Waals surface area (Å²) in [7, 11) is 0. The maximum atomic E-state index is 13.1. The third kappa shape index (κ3) is 17.2. The van der Waals surface area contributed by atoms with Crippen molar-refractivity contribution >= 4 is 29.6 Å². The van der Waals surface area contributed by atoms with Crippen molar-refractivity contribution in [3.63, 3.8) is 0 Å². The number of hydrogen-bond donors (Lipinski definition) is 0. The SMILES string of the molecule is CCCCCCCCCOc1ccc(C(=O)Oc2ccc(C(=O)Oc3ccc(-c4cccc(-c5ccc(OC(=O)c6ccc(OC(=O)c7ccc(OCCCCCCCCC)cc7)cc6)cc5)c4[N+](=O)[O-])cc3)cc2)cc1. The first-order chi connectivity index (χ1) is 37.6. The lowest BCUT2D eigenvalue weighted by atomic mass is 9.96. The molecule has 0 amide bonds. The Morgan fingerprint density at radius 2 is 0.610 bits per heavy atom. The van der Waals surface area contributed by atoms with Gasteiger partial charge < -0.3 is 28.4 Å². The van der Waals surface area contributed by atoms with E-state index in [0.717, 1.165) is 25.7 Å². The summed E-state index contributed by atoms with van der Waals surface area (Å²) in [5.74, 6) is -0.125. The second-order valence-corrected chi connectivity index (χ2v) is 18.6. The van der Waals surface area contributed by atoms with Crippen LogP contribution in [0.15, 0.2) is 164 Å². The van der Waals surface area contributed by atoms with Crippen LogP contribution in [0.3, 0.4) is 0 Å². The van der Waals surface area contributed by atoms with Gasteiger partial charge in [0.05, 0.1) is 51.5 Å². The lowest BCUT2D eigenvalue weighted by Crippen LogP contribution is -2.10. The van der Waals surface area contributed by atoms with Crippen LogP contribution in [-0.2, 0) is 0 Å². The Morgan fingerprint density at radius 3 is 0.896 bits per heavy atom. The number of nitro groups is 1. The Kier molecular flexibility index (Phi) is 21.5. The average Bonchev–Trinajstić information content (AvgIpc) is 3.45. The molecule has 0 spiro atoms. The van der Waals surface area contributed by atoms with Gasteiger partial charge >= 0.3 is 23.9 Å². The van der Waals surface area contributed by atoms with Crippen molar-refractivity contribution in [3.05, 3.63) is 196 Å². The maximum absolute atomic E-state index is 13.1. The van der Waals surface area contributed by atoms with Gasteiger partial charge in [0.25, 0.3) is 5.69 Å². The zero-order valence-corrected chi connectivity index (χ0v) is 43.7. The van der Waals surface area contributed by atoms with Crippen LogP contribution in [0, 0.1) is 10.1 Å². The minimum Gasteiger partial charge on any atom is -0.494 e. The molecule has 7 aromatic carbocycles. The third-order valence-electron chi connectivity index (χ3n) is 12.8. The fourth-order valence-corrected chi connectivity index (χ4v) is 8.47. The number of nitrogens with zero attached hydrogens (tertiary/aromatic N) is 1. The normalized spacial score (nSPS) is 10.8. The zero-order valence-electron chi connectivity index (χ0n) is 43.7. The smallest absolute Gasteiger partial charge is 0.343 e. The molecule has 0 heterocycles. The Labute approximate surface area is 450 Å². The summed E-state index contributed by atoms with van der Waals surface area (Å²) >= 11 is 0. The summed E-state index contributed by atoms with van der Waals surface area (Å²) in [6.45, 7) is 5.66. The van der Waals surface area contributed by atoms with Crippen molar-refractivity contribution in [1.82, 2.24) is 0 Å². The molecule has 0 saturated heterocycles. The first kappa shape index (κ1) is 56.2. The molecule has 0 saturated carbocycles. The largest absolute Gasteiger partial charge is 0.494 e. The van der Waals surface area contributed by atoms with E-state index in [-0.39, 0.29) is 39.8 Å². The summed E-state index contributed by atoms with van der Waals surface area (Å²) in [4.78, 5) is 64.0. The van der Waals surface area contributed by atoms with E-state index in [0.29, 0.717) is 58.1 Å². The van der Waals surface area contributed by atoms with E-state index in [1.54, 1.807) is 115 Å². The number of carbonyl (C=O) groups excluding carboxylic acids is 4. The fourth-order valence-electron chi connectivity index (χ4n) is 8.47. The summed E-state index contributed by atoms with van der Waals surface area (Å²) in [5.41, 5.74) is 2.68. The van der Waals surface area contributed by atoms with E-state index >= 15 is 0 Å². The van der Waals surface area contributed by atoms with E-state index in [4.69, 9.17) is 28.4 Å². The predicted octanol–water partition coefficient (Wildman–Crippen LogP) is 16.1. The van der Waals surface area contributed by atoms with Gasteiger partial charge in [-0.1, -0.05) is 121 Å². The number of rotatable bonds is 29. The molecule has 7 rings (SSSR count). The van der Waals surface area contributed by atoms with E-state index in [1.165, 1.54) is 113 Å². The van der Waals surface area contributed by atoms with Crippen LogP contribution in [0.2, 0.25) is 0 Å². The molecule has 77 heavy (non-hydrogen) atoms. The molecule has 0 unspecified atom stereocenters. The fraction of sp³-hybridized carbons (Fsp3) is 0.281. The van der Waals surface area contributed by atoms with Gasteiger partial charge in [-0.05, 0) is 157 Å². The quantitative estimate of drug-likeness (QED) is 0.0143. The standard InChI is InChI=1S/C64H65NO12/c1-3-5-7-9-11-13-15-44-72-52-32-24-48(25-33-52)61(66)76-56-40-28-50(29-41-56)63(68)74-54-36-20-46(21-37-54)58-18-17-19-59(60(58)65(70)71)47-22-38-55(39-23-47)75-64(69)51-30-42-57(43-31-51)77-62(67)49-26-34-53(35-27-49)73-45-16-14-12-10-8-6-4-2/h17-43H,3-16,44-45H2,1-2H3. The number of nitro benzene ring substituents is 1. The van der Waals surface area contributed by atoms with E-state index in [2.05, 4.69) is 13.8 Å². The highest BCUT2D eigenvalue weighted by Crippen LogP contribution is 2.40. The van der Waals surface area contributed by atoms with Crippen LogP contribution >= 0.6 is 0 Å². The molecule has 0 atom stereocenters. The van der Waals surface area contributed by atoms with Crippen molar-refractivity contribution in [2.75, 3.05) is 13.2 Å². The van der Waals surface area contributed by atoms with Gasteiger partial charge in [0, 0.05) is 0 Å². The van der Waals surface area contributed by atoms with Crippen molar-refractivity contribution < 1.29 is 52.5 Å². The molecule has 0 radical (unpaired) electrons. The second-order valence-electron chi connectivity index (χ2n) is 18.6. The number of benzene rings is 7. The molecule has 0 aliphatic carbocycles. The number of carbonyl (C=O) groups is 4. The molecule has 13 heteroatoms. The van der Waals surface area contributed by atoms with Crippen LogP contribution in [0.5, 0.6) is 34.5 Å². The van der Waals surface area contributed by atoms with Gasteiger partial charge in [0.1, 0.15) is 34.5 Å². The van der Waals surface area contributed by atoms with Crippen molar-refractivity contribution in [1.29, 1.82) is 0 Å². The highest BCUT2D eigenvalue weighted by Gasteiger charge is 2.23. The van der Waals surface area contributed by atoms with Gasteiger partial charge in [0.2, 0.25) is 0 Å². The number of ether oxygens (including phenoxy) is 6. The van der Waals surface area contributed by atoms with E-state index in [1.807, 2.05) is 0 Å². The molecule has 0 fully saturated rings. The predicted molar refractivity (Wildman–Crippen MR) is 297 cm³/mol. The molecule has 0 aliphatic rings. The molecule has 7 aromatic rings. The Hall–Kier alpha value is -8.58. The van der Waals surface area contributed by atoms with Crippen molar-refractivity contribution in [3.8, 4) is 56.8 Å². The summed E-state index contributed by atoms with van der Waals surface area (Å²) in [6.07, 6.45) is 16.8. The number of hydrogen-bond acceptors (Lipinski definition) is 12. The topological polar surface area (TPSA) is 167 Å². The first-order valence-electron chi connectivity index (χ1n) is 26.6. The minimum absolute atomic E-state index is 0.149. The van der Waals surface area contributed by atoms with E-state index < -0.39 is 28.8 Å². The monoisotopic (exact) mass is 1040 g/mol. The number of esters is 4. The highest BCUT2D eigenvalue weighted by molar-refractivity contribution is 5.94. The first-order valence-corrected chi connectivity index (χ1v) is 26.6. The van der Waals surface area contributed by atoms with Crippen LogP contribution in [-0.4, -0.2) is 42.0 Å². The summed E-state index contributed by atoms with van der Waals surface area (Å²) in [5, 5.41) is 12.6. The lowest BCUT2D eigenvalue weighted by Gasteiger charge is -2.11. The van der Waals surface area contributed by atoms with E-state index in [9.17, 15) is 29.3 Å². The molecule has 0 aliphatic heterocycles. The minimum atomic E-state index is -0.654. The maximum Gasteiger partial charge on any atom is 0.343 e. The van der Waals surface area contributed by atoms with Gasteiger partial charge in [-0.2, -0.15) is 0 Å². The van der Waals surface area contributed by atoms with Crippen LogP contribution < -0.4 is 28.4 Å². The van der Waals surface area contributed by atoms with Crippen molar-refractivity contribution in [2.45, 2.75) is 104 Å². The molecule has 0 aromatic heterocycles. The lowest BCUT2D eigenvalue weighted by molar-refractivity contribution is -0.383. The Balaban J connectivity index is 0.870. The average molecular weight is 1040 g/mol. The molecule has 398 valence electrons.